The lowest BCUT2D eigenvalue weighted by molar-refractivity contribution is -0.180. The number of hydrazone groups is 1. The van der Waals surface area contributed by atoms with Crippen LogP contribution in [-0.4, -0.2) is 67.7 Å². The van der Waals surface area contributed by atoms with Crippen molar-refractivity contribution >= 4 is 23.0 Å². The number of nitrogens with zero attached hydrogens (tertiary/aromatic N) is 3. The van der Waals surface area contributed by atoms with Crippen LogP contribution in [-0.2, 0) is 14.2 Å². The molecule has 0 saturated carbocycles. The second kappa shape index (κ2) is 11.8. The van der Waals surface area contributed by atoms with Gasteiger partial charge >= 0.3 is 0 Å². The monoisotopic (exact) mass is 451 g/mol. The van der Waals surface area contributed by atoms with Crippen LogP contribution >= 0.6 is 0 Å². The van der Waals surface area contributed by atoms with Crippen molar-refractivity contribution in [2.24, 2.45) is 10.1 Å². The summed E-state index contributed by atoms with van der Waals surface area (Å²) in [6, 6.07) is 8.15. The first-order valence-corrected chi connectivity index (χ1v) is 11.5. The van der Waals surface area contributed by atoms with Crippen molar-refractivity contribution in [2.75, 3.05) is 39.5 Å². The molecule has 2 aliphatic heterocycles. The normalized spacial score (nSPS) is 18.9. The highest BCUT2D eigenvalue weighted by Gasteiger charge is 2.15. The Hall–Kier alpha value is -2.94. The summed E-state index contributed by atoms with van der Waals surface area (Å²) in [7, 11) is 0. The van der Waals surface area contributed by atoms with E-state index in [1.165, 1.54) is 0 Å². The van der Waals surface area contributed by atoms with E-state index in [9.17, 15) is 0 Å². The molecule has 2 fully saturated rings. The topological polar surface area (TPSA) is 83.5 Å². The summed E-state index contributed by atoms with van der Waals surface area (Å²) in [5.74, 6) is 0.644. The van der Waals surface area contributed by atoms with E-state index >= 15 is 0 Å². The predicted molar refractivity (Wildman–Crippen MR) is 131 cm³/mol. The number of benzene rings is 1. The van der Waals surface area contributed by atoms with Gasteiger partial charge in [0, 0.05) is 59.6 Å². The first kappa shape index (κ1) is 23.2. The summed E-state index contributed by atoms with van der Waals surface area (Å²) in [6.45, 7) is 10.9. The van der Waals surface area contributed by atoms with E-state index in [0.29, 0.717) is 12.3 Å². The van der Waals surface area contributed by atoms with Crippen LogP contribution in [0.15, 0.2) is 64.6 Å². The molecule has 0 aliphatic carbocycles. The number of aromatic amines is 1. The highest BCUT2D eigenvalue weighted by molar-refractivity contribution is 6.00. The van der Waals surface area contributed by atoms with Gasteiger partial charge in [0.1, 0.15) is 5.84 Å². The molecule has 8 heteroatoms. The van der Waals surface area contributed by atoms with Crippen LogP contribution in [0.25, 0.3) is 10.9 Å². The van der Waals surface area contributed by atoms with Gasteiger partial charge in [0.15, 0.2) is 6.29 Å². The molecule has 176 valence electrons. The van der Waals surface area contributed by atoms with Gasteiger partial charge in [-0.15, -0.1) is 0 Å². The number of fused-ring (bicyclic) bond motifs is 1. The van der Waals surface area contributed by atoms with E-state index in [-0.39, 0.29) is 6.29 Å². The molecule has 33 heavy (non-hydrogen) atoms. The van der Waals surface area contributed by atoms with Gasteiger partial charge in [-0.25, -0.2) is 4.99 Å². The van der Waals surface area contributed by atoms with Crippen molar-refractivity contribution in [1.82, 2.24) is 15.3 Å². The van der Waals surface area contributed by atoms with Gasteiger partial charge in [-0.05, 0) is 25.8 Å². The molecular formula is C25H33N5O3. The lowest BCUT2D eigenvalue weighted by atomic mass is 10.2. The van der Waals surface area contributed by atoms with Crippen LogP contribution < -0.4 is 5.43 Å². The molecule has 4 rings (SSSR count). The van der Waals surface area contributed by atoms with Gasteiger partial charge < -0.3 is 24.1 Å². The van der Waals surface area contributed by atoms with Crippen molar-refractivity contribution < 1.29 is 14.2 Å². The highest BCUT2D eigenvalue weighted by atomic mass is 16.7. The number of ether oxygens (including phenoxy) is 3. The molecule has 0 unspecified atom stereocenters. The zero-order valence-corrected chi connectivity index (χ0v) is 19.3. The van der Waals surface area contributed by atoms with Crippen molar-refractivity contribution in [3.63, 3.8) is 0 Å². The average Bonchev–Trinajstić information content (AvgIpc) is 3.27. The maximum Gasteiger partial charge on any atom is 0.157 e. The van der Waals surface area contributed by atoms with E-state index in [1.54, 1.807) is 6.21 Å². The number of H-pyrrole nitrogens is 1. The third-order valence-electron chi connectivity index (χ3n) is 5.70. The van der Waals surface area contributed by atoms with Crippen LogP contribution in [0.3, 0.4) is 0 Å². The second-order valence-corrected chi connectivity index (χ2v) is 8.17. The summed E-state index contributed by atoms with van der Waals surface area (Å²) in [4.78, 5) is 10.3. The van der Waals surface area contributed by atoms with Crippen LogP contribution in [0.5, 0.6) is 0 Å². The molecule has 0 amide bonds. The average molecular weight is 452 g/mol. The summed E-state index contributed by atoms with van der Waals surface area (Å²) < 4.78 is 16.7. The van der Waals surface area contributed by atoms with Crippen molar-refractivity contribution in [1.29, 1.82) is 0 Å². The smallest absolute Gasteiger partial charge is 0.157 e. The summed E-state index contributed by atoms with van der Waals surface area (Å²) >= 11 is 0. The maximum absolute atomic E-state index is 5.63. The number of aromatic nitrogens is 1. The lowest BCUT2D eigenvalue weighted by Gasteiger charge is -2.29. The molecule has 2 saturated heterocycles. The Morgan fingerprint density at radius 2 is 2.00 bits per heavy atom. The quantitative estimate of drug-likeness (QED) is 0.363. The Bertz CT molecular complexity index is 1010. The standard InChI is InChI=1S/C25H33N5O3/c1-19(8-9-25-32-12-5-13-33-25)28-24(16-20(2)30-10-14-31-15-11-30)29-27-18-21-17-26-23-7-4-3-6-22(21)23/h3-4,6-7,16-18,25-26H,1,5,8-15H2,2H3,(H,28,29)/b20-16+,27-18+. The number of hydrogen-bond donors (Lipinski definition) is 2. The molecule has 0 spiro atoms. The number of amidine groups is 1. The minimum absolute atomic E-state index is 0.173. The lowest BCUT2D eigenvalue weighted by Crippen LogP contribution is -2.35. The molecule has 0 atom stereocenters. The fourth-order valence-corrected chi connectivity index (χ4v) is 3.88. The second-order valence-electron chi connectivity index (χ2n) is 8.17. The molecule has 8 nitrogen and oxygen atoms in total. The van der Waals surface area contributed by atoms with E-state index < -0.39 is 0 Å². The van der Waals surface area contributed by atoms with Gasteiger partial charge in [-0.1, -0.05) is 24.8 Å². The Morgan fingerprint density at radius 3 is 2.82 bits per heavy atom. The molecule has 1 aromatic heterocycles. The third-order valence-corrected chi connectivity index (χ3v) is 5.70. The fraction of sp³-hybridized carbons (Fsp3) is 0.440. The highest BCUT2D eigenvalue weighted by Crippen LogP contribution is 2.16. The molecule has 1 aromatic carbocycles. The molecule has 2 aliphatic rings. The molecular weight excluding hydrogens is 418 g/mol. The van der Waals surface area contributed by atoms with Gasteiger partial charge in [0.05, 0.1) is 32.6 Å². The molecule has 3 heterocycles. The van der Waals surface area contributed by atoms with Gasteiger partial charge in [-0.3, -0.25) is 5.43 Å². The number of allylic oxidation sites excluding steroid dienone is 2. The van der Waals surface area contributed by atoms with Gasteiger partial charge in [0.25, 0.3) is 0 Å². The molecule has 2 aromatic rings. The van der Waals surface area contributed by atoms with Gasteiger partial charge in [-0.2, -0.15) is 5.10 Å². The zero-order chi connectivity index (χ0) is 22.9. The minimum atomic E-state index is -0.173. The summed E-state index contributed by atoms with van der Waals surface area (Å²) in [6.07, 6.45) is 7.96. The number of aliphatic imine (C=N–C) groups is 1. The Morgan fingerprint density at radius 1 is 1.21 bits per heavy atom. The summed E-state index contributed by atoms with van der Waals surface area (Å²) in [5.41, 5.74) is 7.06. The van der Waals surface area contributed by atoms with E-state index in [1.807, 2.05) is 30.5 Å². The molecule has 0 bridgehead atoms. The maximum atomic E-state index is 5.63. The van der Waals surface area contributed by atoms with Crippen molar-refractivity contribution in [2.45, 2.75) is 32.5 Å². The van der Waals surface area contributed by atoms with Crippen molar-refractivity contribution in [3.05, 3.63) is 60.1 Å². The van der Waals surface area contributed by atoms with Crippen LogP contribution in [0.2, 0.25) is 0 Å². The Balaban J connectivity index is 1.45. The number of nitrogens with one attached hydrogen (secondary N) is 2. The number of hydrogen-bond acceptors (Lipinski definition) is 6. The van der Waals surface area contributed by atoms with E-state index in [0.717, 1.165) is 80.2 Å². The number of rotatable bonds is 8. The zero-order valence-electron chi connectivity index (χ0n) is 19.3. The fourth-order valence-electron chi connectivity index (χ4n) is 3.88. The number of morpholine rings is 1. The van der Waals surface area contributed by atoms with Crippen LogP contribution in [0.1, 0.15) is 31.7 Å². The first-order chi connectivity index (χ1) is 16.2. The minimum Gasteiger partial charge on any atom is -0.378 e. The first-order valence-electron chi connectivity index (χ1n) is 11.5. The van der Waals surface area contributed by atoms with E-state index in [2.05, 4.69) is 40.0 Å². The third kappa shape index (κ3) is 6.77. The van der Waals surface area contributed by atoms with Crippen molar-refractivity contribution in [3.8, 4) is 0 Å². The molecule has 0 radical (unpaired) electrons. The van der Waals surface area contributed by atoms with Crippen LogP contribution in [0.4, 0.5) is 0 Å². The van der Waals surface area contributed by atoms with E-state index in [4.69, 9.17) is 19.2 Å². The largest absolute Gasteiger partial charge is 0.378 e. The predicted octanol–water partition coefficient (Wildman–Crippen LogP) is 3.78. The number of para-hydroxylation sites is 1. The Kier molecular flexibility index (Phi) is 8.30. The Labute approximate surface area is 195 Å². The van der Waals surface area contributed by atoms with Crippen LogP contribution in [0, 0.1) is 0 Å². The summed E-state index contributed by atoms with van der Waals surface area (Å²) in [5, 5.41) is 5.59. The molecule has 2 N–H and O–H groups in total. The SMILES string of the molecule is C=C(CCC1OCCCO1)N=C(/C=C(\C)N1CCOCC1)N/N=C/c1c[nH]c2ccccc12. The van der Waals surface area contributed by atoms with Gasteiger partial charge in [0.2, 0.25) is 0 Å².